The Hall–Kier alpha value is -4.24. The molecule has 2 aliphatic carbocycles. The van der Waals surface area contributed by atoms with E-state index in [1.165, 1.54) is 45.4 Å². The number of hydrazine groups is 1. The predicted molar refractivity (Wildman–Crippen MR) is 210 cm³/mol. The number of thiophene rings is 2. The van der Waals surface area contributed by atoms with Crippen molar-refractivity contribution in [2.24, 2.45) is 11.3 Å². The lowest BCUT2D eigenvalue weighted by molar-refractivity contribution is -0.191. The molecule has 3 aliphatic rings. The fourth-order valence-electron chi connectivity index (χ4n) is 8.75. The van der Waals surface area contributed by atoms with Gasteiger partial charge in [0.2, 0.25) is 11.2 Å². The molecule has 5 aromatic rings. The maximum Gasteiger partial charge on any atom is 0.349 e. The normalized spacial score (nSPS) is 16.8. The molecule has 0 unspecified atom stereocenters. The second-order valence-corrected chi connectivity index (χ2v) is 16.8. The number of esters is 1. The molecule has 1 saturated heterocycles. The molecule has 53 heavy (non-hydrogen) atoms. The van der Waals surface area contributed by atoms with Crippen LogP contribution in [0.4, 0.5) is 11.4 Å². The largest absolute Gasteiger partial charge is 0.506 e. The molecule has 0 atom stereocenters. The predicted octanol–water partition coefficient (Wildman–Crippen LogP) is 4.77. The zero-order chi connectivity index (χ0) is 36.7. The highest BCUT2D eigenvalue weighted by atomic mass is 32.1. The number of hydrogen-bond acceptors (Lipinski definition) is 12. The first kappa shape index (κ1) is 35.8. The van der Waals surface area contributed by atoms with Crippen LogP contribution < -0.4 is 27.5 Å². The van der Waals surface area contributed by atoms with Crippen molar-refractivity contribution in [3.63, 3.8) is 0 Å². The van der Waals surface area contributed by atoms with Crippen molar-refractivity contribution in [3.8, 4) is 5.75 Å². The molecule has 0 bridgehead atoms. The number of rotatable bonds is 14. The average molecular weight is 755 g/mol. The molecule has 0 amide bonds. The van der Waals surface area contributed by atoms with Gasteiger partial charge in [0.05, 0.1) is 26.6 Å². The van der Waals surface area contributed by atoms with Gasteiger partial charge in [0.1, 0.15) is 11.9 Å². The lowest BCUT2D eigenvalue weighted by atomic mass is 9.61. The van der Waals surface area contributed by atoms with Gasteiger partial charge in [-0.05, 0) is 121 Å². The number of ether oxygens (including phenoxy) is 1. The Morgan fingerprint density at radius 3 is 2.51 bits per heavy atom. The number of carbonyl (C=O) groups excluding carboxylic acids is 1. The van der Waals surface area contributed by atoms with Gasteiger partial charge >= 0.3 is 5.97 Å². The highest BCUT2D eigenvalue weighted by Crippen LogP contribution is 2.50. The number of phenols is 1. The van der Waals surface area contributed by atoms with Crippen LogP contribution in [0, 0.1) is 5.41 Å². The van der Waals surface area contributed by atoms with Gasteiger partial charge in [-0.2, -0.15) is 0 Å². The van der Waals surface area contributed by atoms with Crippen molar-refractivity contribution in [1.29, 1.82) is 0 Å². The molecule has 0 radical (unpaired) electrons. The third-order valence-corrected chi connectivity index (χ3v) is 13.2. The van der Waals surface area contributed by atoms with Crippen LogP contribution in [0.1, 0.15) is 57.7 Å². The van der Waals surface area contributed by atoms with E-state index in [9.17, 15) is 19.8 Å². The Labute approximate surface area is 316 Å². The van der Waals surface area contributed by atoms with Crippen LogP contribution in [0.5, 0.6) is 5.75 Å². The van der Waals surface area contributed by atoms with Crippen molar-refractivity contribution in [2.75, 3.05) is 43.5 Å². The summed E-state index contributed by atoms with van der Waals surface area (Å²) in [6.45, 7) is 5.03. The van der Waals surface area contributed by atoms with E-state index in [1.54, 1.807) is 24.3 Å². The number of fused-ring (bicyclic) bond motifs is 2. The number of H-pyrrole nitrogens is 1. The van der Waals surface area contributed by atoms with E-state index in [-0.39, 0.29) is 22.8 Å². The second kappa shape index (κ2) is 14.5. The molecule has 13 heteroatoms. The number of phenolic OH excluding ortho intramolecular Hbond substituents is 1. The molecule has 1 spiro atoms. The number of aliphatic hydroxyl groups is 1. The molecule has 3 aromatic heterocycles. The number of anilines is 2. The van der Waals surface area contributed by atoms with Crippen LogP contribution in [0.3, 0.4) is 0 Å². The molecule has 2 aromatic carbocycles. The molecular weight excluding hydrogens is 709 g/mol. The third kappa shape index (κ3) is 6.86. The quantitative estimate of drug-likeness (QED) is 0.0305. The summed E-state index contributed by atoms with van der Waals surface area (Å²) in [4.78, 5) is 31.4. The number of benzene rings is 2. The summed E-state index contributed by atoms with van der Waals surface area (Å²) in [6.07, 6.45) is 6.19. The molecule has 11 nitrogen and oxygen atoms in total. The minimum absolute atomic E-state index is 0.0723. The number of nitrogen functional groups attached to an aromatic ring is 1. The highest BCUT2D eigenvalue weighted by Gasteiger charge is 2.55. The van der Waals surface area contributed by atoms with E-state index in [4.69, 9.17) is 16.3 Å². The fourth-order valence-corrected chi connectivity index (χ4v) is 10.5. The van der Waals surface area contributed by atoms with Crippen LogP contribution in [0.15, 0.2) is 70.2 Å². The van der Waals surface area contributed by atoms with E-state index in [0.717, 1.165) is 87.8 Å². The van der Waals surface area contributed by atoms with Gasteiger partial charge < -0.3 is 40.9 Å². The van der Waals surface area contributed by atoms with Crippen LogP contribution in [0.2, 0.25) is 0 Å². The summed E-state index contributed by atoms with van der Waals surface area (Å²) >= 11 is 2.72. The zero-order valence-corrected chi connectivity index (χ0v) is 31.2. The summed E-state index contributed by atoms with van der Waals surface area (Å²) in [5.41, 5.74) is 11.9. The van der Waals surface area contributed by atoms with Gasteiger partial charge in [-0.1, -0.05) is 18.2 Å². The van der Waals surface area contributed by atoms with E-state index < -0.39 is 11.6 Å². The van der Waals surface area contributed by atoms with Crippen molar-refractivity contribution in [1.82, 2.24) is 15.2 Å². The van der Waals surface area contributed by atoms with Gasteiger partial charge in [0.15, 0.2) is 0 Å². The average Bonchev–Trinajstić information content (AvgIpc) is 3.93. The van der Waals surface area contributed by atoms with E-state index in [2.05, 4.69) is 21.3 Å². The first-order chi connectivity index (χ1) is 25.6. The minimum Gasteiger partial charge on any atom is -0.506 e. The van der Waals surface area contributed by atoms with Gasteiger partial charge in [-0.15, -0.1) is 22.7 Å². The summed E-state index contributed by atoms with van der Waals surface area (Å²) in [5.74, 6) is 6.17. The molecule has 8 rings (SSSR count). The number of likely N-dealkylation sites (tertiary alicyclic amines) is 1. The highest BCUT2D eigenvalue weighted by molar-refractivity contribution is 7.12. The summed E-state index contributed by atoms with van der Waals surface area (Å²) in [5, 5.41) is 31.7. The molecular formula is C40H46N6O5S2. The van der Waals surface area contributed by atoms with Crippen LogP contribution in [-0.4, -0.2) is 64.9 Å². The lowest BCUT2D eigenvalue weighted by Crippen LogP contribution is -2.64. The molecule has 2 fully saturated rings. The monoisotopic (exact) mass is 754 g/mol. The molecule has 4 heterocycles. The Morgan fingerprint density at radius 2 is 1.79 bits per heavy atom. The Balaban J connectivity index is 0.799. The number of nitrogens with zero attached hydrogens (tertiary/aromatic N) is 2. The molecule has 1 aliphatic heterocycles. The number of nitrogens with two attached hydrogens (primary N) is 2. The lowest BCUT2D eigenvalue weighted by Gasteiger charge is -2.58. The summed E-state index contributed by atoms with van der Waals surface area (Å²) in [6, 6.07) is 16.1. The topological polar surface area (TPSA) is 170 Å². The molecule has 1 saturated carbocycles. The minimum atomic E-state index is -1.76. The van der Waals surface area contributed by atoms with Gasteiger partial charge in [0.25, 0.3) is 0 Å². The second-order valence-electron chi connectivity index (χ2n) is 14.9. The van der Waals surface area contributed by atoms with Gasteiger partial charge in [0, 0.05) is 43.0 Å². The number of carbonyl (C=O) groups is 1. The summed E-state index contributed by atoms with van der Waals surface area (Å²) in [7, 11) is 0. The fraction of sp³-hybridized carbons (Fsp3) is 0.400. The van der Waals surface area contributed by atoms with Crippen molar-refractivity contribution < 1.29 is 19.7 Å². The molecule has 8 N–H and O–H groups in total. The van der Waals surface area contributed by atoms with Gasteiger partial charge in [-0.3, -0.25) is 4.79 Å². The maximum atomic E-state index is 13.3. The Morgan fingerprint density at radius 1 is 1.06 bits per heavy atom. The number of hydrogen-bond donors (Lipinski definition) is 6. The van der Waals surface area contributed by atoms with Crippen LogP contribution in [0.25, 0.3) is 10.9 Å². The van der Waals surface area contributed by atoms with E-state index in [1.807, 2.05) is 34.0 Å². The van der Waals surface area contributed by atoms with E-state index in [0.29, 0.717) is 34.0 Å². The first-order valence-electron chi connectivity index (χ1n) is 18.4. The van der Waals surface area contributed by atoms with Crippen molar-refractivity contribution in [3.05, 3.63) is 108 Å². The number of pyridine rings is 1. The Bertz CT molecular complexity index is 2120. The maximum absolute atomic E-state index is 13.3. The number of aromatic hydroxyl groups is 1. The Kier molecular flexibility index (Phi) is 9.81. The smallest absolute Gasteiger partial charge is 0.349 e. The number of nitrogens with one attached hydrogen (secondary N) is 2. The van der Waals surface area contributed by atoms with E-state index >= 15 is 0 Å². The third-order valence-electron chi connectivity index (χ3n) is 11.3. The SMILES string of the molecule is Nc1cc(CNCCc2ccc(O)c3[nH]c(=O)ccc23)c2c(c1N(N)CCCN1CC3(CC(OC(=O)C(O)(c4cccs4)c4cccs4)C3)C1)CCC2. The first-order valence-corrected chi connectivity index (χ1v) is 20.1. The molecule has 278 valence electrons. The van der Waals surface area contributed by atoms with Crippen LogP contribution in [-0.2, 0) is 40.9 Å². The van der Waals surface area contributed by atoms with Crippen molar-refractivity contribution in [2.45, 2.75) is 63.2 Å². The van der Waals surface area contributed by atoms with Crippen molar-refractivity contribution >= 4 is 50.9 Å². The zero-order valence-electron chi connectivity index (χ0n) is 29.6. The summed E-state index contributed by atoms with van der Waals surface area (Å²) < 4.78 is 5.90. The van der Waals surface area contributed by atoms with Crippen LogP contribution >= 0.6 is 22.7 Å². The number of aromatic amines is 1. The van der Waals surface area contributed by atoms with Gasteiger partial charge in [-0.25, -0.2) is 10.6 Å². The number of aromatic nitrogens is 1. The standard InChI is InChI=1S/C40H46N6O5S2/c41-31-19-26(22-43-14-13-25-9-11-32(47)36-29(25)10-12-35(48)44-36)28-5-1-6-30(28)37(31)46(42)16-4-15-45-23-39(24-45)20-27(21-39)51-38(49)40(50,33-7-2-17-52-33)34-8-3-18-53-34/h2-3,7-12,17-19,27,43,47,50H,1,4-6,13-16,20-24,41-42H2,(H,44,48).